The Labute approximate surface area is 248 Å². The van der Waals surface area contributed by atoms with E-state index in [1.165, 1.54) is 15.4 Å². The van der Waals surface area contributed by atoms with Crippen LogP contribution in [0.2, 0.25) is 5.02 Å². The molecule has 214 valence electrons. The summed E-state index contributed by atoms with van der Waals surface area (Å²) < 4.78 is 5.43. The molecule has 3 heterocycles. The van der Waals surface area contributed by atoms with Gasteiger partial charge in [0.1, 0.15) is 5.82 Å². The maximum atomic E-state index is 13.2. The second-order valence-corrected chi connectivity index (χ2v) is 10.7. The van der Waals surface area contributed by atoms with Gasteiger partial charge in [-0.2, -0.15) is 4.98 Å². The van der Waals surface area contributed by atoms with E-state index < -0.39 is 0 Å². The fourth-order valence-electron chi connectivity index (χ4n) is 5.15. The van der Waals surface area contributed by atoms with Gasteiger partial charge in [0.05, 0.1) is 30.5 Å². The number of nitrogens with one attached hydrogen (secondary N) is 1. The molecule has 0 saturated carbocycles. The second kappa shape index (κ2) is 11.8. The summed E-state index contributed by atoms with van der Waals surface area (Å²) in [5.74, 6) is 0.277. The highest BCUT2D eigenvalue weighted by atomic mass is 35.5. The average Bonchev–Trinajstić information content (AvgIpc) is 3.01. The zero-order valence-corrected chi connectivity index (χ0v) is 23.8. The van der Waals surface area contributed by atoms with Crippen LogP contribution in [0.25, 0.3) is 11.1 Å². The van der Waals surface area contributed by atoms with Gasteiger partial charge < -0.3 is 15.8 Å². The van der Waals surface area contributed by atoms with Crippen LogP contribution in [-0.2, 0) is 17.8 Å². The number of amides is 3. The lowest BCUT2D eigenvalue weighted by Gasteiger charge is -2.34. The Balaban J connectivity index is 1.13. The summed E-state index contributed by atoms with van der Waals surface area (Å²) in [6.45, 7) is 4.61. The number of carbonyl (C=O) groups is 2. The Morgan fingerprint density at radius 3 is 2.43 bits per heavy atom. The zero-order valence-electron chi connectivity index (χ0n) is 23.1. The van der Waals surface area contributed by atoms with Crippen LogP contribution in [0, 0.1) is 0 Å². The van der Waals surface area contributed by atoms with Crippen molar-refractivity contribution in [1.29, 1.82) is 0 Å². The van der Waals surface area contributed by atoms with Crippen molar-refractivity contribution >= 4 is 46.7 Å². The summed E-state index contributed by atoms with van der Waals surface area (Å²) in [4.78, 5) is 39.8. The Morgan fingerprint density at radius 2 is 1.71 bits per heavy atom. The molecule has 0 aliphatic carbocycles. The molecule has 11 heteroatoms. The number of rotatable bonds is 6. The van der Waals surface area contributed by atoms with E-state index in [2.05, 4.69) is 44.5 Å². The maximum absolute atomic E-state index is 13.2. The lowest BCUT2D eigenvalue weighted by molar-refractivity contribution is 0.0342. The number of nitrogen functional groups attached to an aromatic ring is 1. The van der Waals surface area contributed by atoms with Gasteiger partial charge in [0.2, 0.25) is 5.95 Å². The minimum atomic E-state index is -0.323. The second-order valence-electron chi connectivity index (χ2n) is 10.3. The predicted molar refractivity (Wildman–Crippen MR) is 164 cm³/mol. The molecule has 1 fully saturated rings. The van der Waals surface area contributed by atoms with Crippen LogP contribution in [0.3, 0.4) is 0 Å². The molecular weight excluding hydrogens is 554 g/mol. The molecule has 6 rings (SSSR count). The third kappa shape index (κ3) is 5.78. The number of carbonyl (C=O) groups excluding carboxylic acids is 2. The molecule has 0 radical (unpaired) electrons. The third-order valence-electron chi connectivity index (χ3n) is 7.46. The van der Waals surface area contributed by atoms with E-state index in [-0.39, 0.29) is 24.4 Å². The lowest BCUT2D eigenvalue weighted by Crippen LogP contribution is -2.46. The first kappa shape index (κ1) is 27.6. The SMILES string of the molecule is CN1C(=O)N(c2cc(NC(=O)c3ccc(-c4ccc(CN5CCOCC5)cc4)cc3)ccc2Cl)Cc2cnc(N)nc21. The average molecular weight is 584 g/mol. The standard InChI is InChI=1S/C31H30ClN7O3/c1-37-28-24(17-34-30(33)36-28)19-39(31(37)41)27-16-25(10-11-26(27)32)35-29(40)23-8-6-22(7-9-23)21-4-2-20(3-5-21)18-38-12-14-42-15-13-38/h2-11,16-17H,12-15,18-19H2,1H3,(H,35,40)(H2,33,34,36). The minimum absolute atomic E-state index is 0.0926. The summed E-state index contributed by atoms with van der Waals surface area (Å²) >= 11 is 6.50. The fourth-order valence-corrected chi connectivity index (χ4v) is 5.36. The van der Waals surface area contributed by atoms with Crippen molar-refractivity contribution in [3.8, 4) is 11.1 Å². The molecule has 42 heavy (non-hydrogen) atoms. The number of ether oxygens (including phenoxy) is 1. The summed E-state index contributed by atoms with van der Waals surface area (Å²) in [5.41, 5.74) is 11.3. The first-order valence-electron chi connectivity index (χ1n) is 13.6. The van der Waals surface area contributed by atoms with Crippen molar-refractivity contribution in [2.45, 2.75) is 13.1 Å². The predicted octanol–water partition coefficient (Wildman–Crippen LogP) is 5.04. The molecule has 3 N–H and O–H groups in total. The van der Waals surface area contributed by atoms with Gasteiger partial charge in [0.25, 0.3) is 5.91 Å². The van der Waals surface area contributed by atoms with Crippen LogP contribution < -0.4 is 20.9 Å². The van der Waals surface area contributed by atoms with Gasteiger partial charge in [0.15, 0.2) is 0 Å². The van der Waals surface area contributed by atoms with E-state index in [1.807, 2.05) is 12.1 Å². The number of nitrogens with zero attached hydrogens (tertiary/aromatic N) is 5. The van der Waals surface area contributed by atoms with Gasteiger partial charge in [-0.1, -0.05) is 48.0 Å². The van der Waals surface area contributed by atoms with Gasteiger partial charge in [-0.3, -0.25) is 19.5 Å². The van der Waals surface area contributed by atoms with E-state index >= 15 is 0 Å². The number of hydrogen-bond donors (Lipinski definition) is 2. The first-order chi connectivity index (χ1) is 20.4. The van der Waals surface area contributed by atoms with E-state index in [4.69, 9.17) is 22.1 Å². The minimum Gasteiger partial charge on any atom is -0.379 e. The summed E-state index contributed by atoms with van der Waals surface area (Å²) in [6, 6.07) is 20.7. The van der Waals surface area contributed by atoms with Crippen LogP contribution in [0.5, 0.6) is 0 Å². The number of anilines is 4. The van der Waals surface area contributed by atoms with Gasteiger partial charge in [-0.25, -0.2) is 9.78 Å². The summed E-state index contributed by atoms with van der Waals surface area (Å²) in [7, 11) is 1.61. The van der Waals surface area contributed by atoms with Crippen molar-refractivity contribution < 1.29 is 14.3 Å². The topological polar surface area (TPSA) is 117 Å². The molecule has 4 aromatic rings. The monoisotopic (exact) mass is 583 g/mol. The zero-order chi connectivity index (χ0) is 29.2. The number of morpholine rings is 1. The summed E-state index contributed by atoms with van der Waals surface area (Å²) in [5, 5.41) is 3.29. The molecule has 10 nitrogen and oxygen atoms in total. The Bertz CT molecular complexity index is 1620. The number of urea groups is 1. The van der Waals surface area contributed by atoms with Crippen LogP contribution in [0.4, 0.5) is 27.9 Å². The number of halogens is 1. The lowest BCUT2D eigenvalue weighted by atomic mass is 10.0. The van der Waals surface area contributed by atoms with Crippen molar-refractivity contribution in [2.75, 3.05) is 54.2 Å². The van der Waals surface area contributed by atoms with Crippen LogP contribution >= 0.6 is 11.6 Å². The smallest absolute Gasteiger partial charge is 0.330 e. The Kier molecular flexibility index (Phi) is 7.75. The molecule has 1 aromatic heterocycles. The van der Waals surface area contributed by atoms with Gasteiger partial charge in [0, 0.05) is 49.7 Å². The largest absolute Gasteiger partial charge is 0.379 e. The molecule has 0 bridgehead atoms. The first-order valence-corrected chi connectivity index (χ1v) is 14.0. The number of nitrogens with two attached hydrogens (primary N) is 1. The van der Waals surface area contributed by atoms with Gasteiger partial charge in [-0.15, -0.1) is 0 Å². The highest BCUT2D eigenvalue weighted by Crippen LogP contribution is 2.35. The third-order valence-corrected chi connectivity index (χ3v) is 7.78. The molecule has 1 saturated heterocycles. The van der Waals surface area contributed by atoms with Crippen LogP contribution in [0.15, 0.2) is 72.9 Å². The highest BCUT2D eigenvalue weighted by Gasteiger charge is 2.31. The van der Waals surface area contributed by atoms with Crippen LogP contribution in [-0.4, -0.2) is 60.2 Å². The van der Waals surface area contributed by atoms with Crippen molar-refractivity contribution in [3.63, 3.8) is 0 Å². The van der Waals surface area contributed by atoms with Gasteiger partial charge >= 0.3 is 6.03 Å². The normalized spacial score (nSPS) is 15.4. The van der Waals surface area contributed by atoms with Crippen molar-refractivity contribution in [3.05, 3.63) is 94.6 Å². The Morgan fingerprint density at radius 1 is 1.02 bits per heavy atom. The van der Waals surface area contributed by atoms with Crippen LogP contribution in [0.1, 0.15) is 21.5 Å². The molecule has 2 aliphatic heterocycles. The fraction of sp³-hybridized carbons (Fsp3) is 0.226. The number of fused-ring (bicyclic) bond motifs is 1. The quantitative estimate of drug-likeness (QED) is 0.326. The Hall–Kier alpha value is -4.51. The summed E-state index contributed by atoms with van der Waals surface area (Å²) in [6.07, 6.45) is 1.59. The number of hydrogen-bond acceptors (Lipinski definition) is 7. The highest BCUT2D eigenvalue weighted by molar-refractivity contribution is 6.34. The molecule has 0 unspecified atom stereocenters. The van der Waals surface area contributed by atoms with E-state index in [0.717, 1.165) is 49.5 Å². The number of benzene rings is 3. The molecular formula is C31H30ClN7O3. The molecule has 3 amide bonds. The molecule has 0 atom stereocenters. The van der Waals surface area contributed by atoms with Gasteiger partial charge in [-0.05, 0) is 47.0 Å². The number of aromatic nitrogens is 2. The maximum Gasteiger partial charge on any atom is 0.330 e. The molecule has 0 spiro atoms. The molecule has 2 aliphatic rings. The molecule has 3 aromatic carbocycles. The van der Waals surface area contributed by atoms with E-state index in [0.29, 0.717) is 27.8 Å². The van der Waals surface area contributed by atoms with Crippen molar-refractivity contribution in [1.82, 2.24) is 14.9 Å². The van der Waals surface area contributed by atoms with Crippen molar-refractivity contribution in [2.24, 2.45) is 0 Å². The van der Waals surface area contributed by atoms with E-state index in [9.17, 15) is 9.59 Å². The van der Waals surface area contributed by atoms with E-state index in [1.54, 1.807) is 43.6 Å².